The predicted molar refractivity (Wildman–Crippen MR) is 169 cm³/mol. The Labute approximate surface area is 255 Å². The van der Waals surface area contributed by atoms with Crippen LogP contribution in [0.2, 0.25) is 0 Å². The summed E-state index contributed by atoms with van der Waals surface area (Å²) in [5.41, 5.74) is 2.52. The Morgan fingerprint density at radius 2 is 1.34 bits per heavy atom. The van der Waals surface area contributed by atoms with Gasteiger partial charge in [0.05, 0.1) is 28.4 Å². The molecule has 224 valence electrons. The van der Waals surface area contributed by atoms with Crippen LogP contribution in [0, 0.1) is 0 Å². The molecule has 4 rings (SSSR count). The van der Waals surface area contributed by atoms with Crippen molar-refractivity contribution in [2.24, 2.45) is 0 Å². The first-order valence-corrected chi connectivity index (χ1v) is 13.5. The van der Waals surface area contributed by atoms with Crippen molar-refractivity contribution in [3.63, 3.8) is 0 Å². The van der Waals surface area contributed by atoms with Crippen molar-refractivity contribution < 1.29 is 33.3 Å². The zero-order valence-corrected chi connectivity index (χ0v) is 24.8. The number of hydrogen-bond acceptors (Lipinski definition) is 7. The van der Waals surface area contributed by atoms with Crippen LogP contribution in [0.4, 0.5) is 5.69 Å². The van der Waals surface area contributed by atoms with Crippen LogP contribution in [0.3, 0.4) is 0 Å². The Balaban J connectivity index is 1.53. The van der Waals surface area contributed by atoms with E-state index in [-0.39, 0.29) is 11.5 Å². The van der Waals surface area contributed by atoms with Crippen LogP contribution in [0.5, 0.6) is 23.0 Å². The molecule has 0 saturated heterocycles. The second-order valence-corrected chi connectivity index (χ2v) is 9.33. The van der Waals surface area contributed by atoms with E-state index >= 15 is 0 Å². The molecule has 2 N–H and O–H groups in total. The van der Waals surface area contributed by atoms with E-state index in [1.807, 2.05) is 0 Å². The summed E-state index contributed by atoms with van der Waals surface area (Å²) in [6.45, 7) is 0. The molecule has 0 aliphatic rings. The van der Waals surface area contributed by atoms with E-state index in [1.54, 1.807) is 111 Å². The molecule has 4 aromatic rings. The maximum absolute atomic E-state index is 13.4. The second-order valence-electron chi connectivity index (χ2n) is 9.33. The van der Waals surface area contributed by atoms with Crippen LogP contribution >= 0.6 is 0 Å². The highest BCUT2D eigenvalue weighted by Gasteiger charge is 2.16. The standard InChI is InChI=1S/C35H32N2O7/c1-41-28-16-19-31(42-2)26(22-28)13-17-30(38)24-11-14-27(15-12-24)36-35(40)29(37-34(39)25-8-6-5-7-9-25)20-23-10-18-32(43-3)33(21-23)44-4/h5-22H,1-4H3,(H,36,40)(H,37,39)/b17-13+,29-20-. The summed E-state index contributed by atoms with van der Waals surface area (Å²) in [5.74, 6) is 0.977. The van der Waals surface area contributed by atoms with Gasteiger partial charge in [0.2, 0.25) is 0 Å². The first-order chi connectivity index (χ1) is 21.3. The van der Waals surface area contributed by atoms with Crippen LogP contribution in [0.15, 0.2) is 103 Å². The zero-order chi connectivity index (χ0) is 31.5. The van der Waals surface area contributed by atoms with Crippen LogP contribution < -0.4 is 29.6 Å². The zero-order valence-electron chi connectivity index (χ0n) is 24.8. The van der Waals surface area contributed by atoms with Gasteiger partial charge in [0.1, 0.15) is 17.2 Å². The maximum atomic E-state index is 13.4. The number of methoxy groups -OCH3 is 4. The van der Waals surface area contributed by atoms with E-state index in [4.69, 9.17) is 18.9 Å². The fourth-order valence-electron chi connectivity index (χ4n) is 4.20. The largest absolute Gasteiger partial charge is 0.497 e. The number of hydrogen-bond donors (Lipinski definition) is 2. The van der Waals surface area contributed by atoms with Crippen molar-refractivity contribution >= 4 is 35.4 Å². The molecule has 4 aromatic carbocycles. The topological polar surface area (TPSA) is 112 Å². The summed E-state index contributed by atoms with van der Waals surface area (Å²) in [5, 5.41) is 5.49. The van der Waals surface area contributed by atoms with Gasteiger partial charge in [0.25, 0.3) is 11.8 Å². The first kappa shape index (κ1) is 31.1. The van der Waals surface area contributed by atoms with Crippen molar-refractivity contribution in [3.05, 3.63) is 125 Å². The summed E-state index contributed by atoms with van der Waals surface area (Å²) < 4.78 is 21.3. The number of ketones is 1. The smallest absolute Gasteiger partial charge is 0.272 e. The monoisotopic (exact) mass is 592 g/mol. The number of anilines is 1. The highest BCUT2D eigenvalue weighted by atomic mass is 16.5. The predicted octanol–water partition coefficient (Wildman–Crippen LogP) is 6.03. The van der Waals surface area contributed by atoms with E-state index < -0.39 is 11.8 Å². The molecule has 0 bridgehead atoms. The summed E-state index contributed by atoms with van der Waals surface area (Å²) in [7, 11) is 6.15. The number of rotatable bonds is 12. The van der Waals surface area contributed by atoms with Crippen LogP contribution in [0.25, 0.3) is 12.2 Å². The van der Waals surface area contributed by atoms with E-state index in [0.29, 0.717) is 50.9 Å². The lowest BCUT2D eigenvalue weighted by Crippen LogP contribution is -2.30. The van der Waals surface area contributed by atoms with Gasteiger partial charge in [-0.1, -0.05) is 24.3 Å². The van der Waals surface area contributed by atoms with Gasteiger partial charge in [-0.15, -0.1) is 0 Å². The Bertz CT molecular complexity index is 1690. The molecule has 0 unspecified atom stereocenters. The lowest BCUT2D eigenvalue weighted by atomic mass is 10.1. The van der Waals surface area contributed by atoms with E-state index in [2.05, 4.69) is 10.6 Å². The van der Waals surface area contributed by atoms with Gasteiger partial charge in [0.15, 0.2) is 17.3 Å². The number of carbonyl (C=O) groups excluding carboxylic acids is 3. The molecule has 2 amide bonds. The van der Waals surface area contributed by atoms with E-state index in [9.17, 15) is 14.4 Å². The molecule has 0 saturated carbocycles. The van der Waals surface area contributed by atoms with Crippen LogP contribution in [0.1, 0.15) is 31.8 Å². The summed E-state index contributed by atoms with van der Waals surface area (Å²) in [6.07, 6.45) is 4.63. The van der Waals surface area contributed by atoms with Gasteiger partial charge in [0, 0.05) is 22.4 Å². The van der Waals surface area contributed by atoms with E-state index in [1.165, 1.54) is 26.4 Å². The molecule has 9 heteroatoms. The van der Waals surface area contributed by atoms with Crippen molar-refractivity contribution in [3.8, 4) is 23.0 Å². The molecule has 0 fully saturated rings. The number of amides is 2. The van der Waals surface area contributed by atoms with Gasteiger partial charge < -0.3 is 29.6 Å². The maximum Gasteiger partial charge on any atom is 0.272 e. The number of nitrogens with one attached hydrogen (secondary N) is 2. The SMILES string of the molecule is COc1ccc(OC)c(/C=C/C(=O)c2ccc(NC(=O)/C(=C/c3ccc(OC)c(OC)c3)NC(=O)c3ccccc3)cc2)c1. The summed E-state index contributed by atoms with van der Waals surface area (Å²) in [4.78, 5) is 39.2. The summed E-state index contributed by atoms with van der Waals surface area (Å²) >= 11 is 0. The average molecular weight is 593 g/mol. The Kier molecular flexibility index (Phi) is 10.5. The van der Waals surface area contributed by atoms with Crippen molar-refractivity contribution in [1.29, 1.82) is 0 Å². The molecule has 0 aromatic heterocycles. The minimum absolute atomic E-state index is 0.00129. The van der Waals surface area contributed by atoms with Crippen LogP contribution in [-0.4, -0.2) is 46.0 Å². The van der Waals surface area contributed by atoms with Crippen molar-refractivity contribution in [2.75, 3.05) is 33.8 Å². The van der Waals surface area contributed by atoms with Gasteiger partial charge in [-0.3, -0.25) is 14.4 Å². The van der Waals surface area contributed by atoms with E-state index in [0.717, 1.165) is 0 Å². The van der Waals surface area contributed by atoms with Crippen molar-refractivity contribution in [1.82, 2.24) is 5.32 Å². The quantitative estimate of drug-likeness (QED) is 0.153. The number of ether oxygens (including phenoxy) is 4. The summed E-state index contributed by atoms with van der Waals surface area (Å²) in [6, 6.07) is 25.4. The molecular weight excluding hydrogens is 560 g/mol. The highest BCUT2D eigenvalue weighted by molar-refractivity contribution is 6.11. The number of carbonyl (C=O) groups is 3. The molecule has 0 heterocycles. The third kappa shape index (κ3) is 7.92. The van der Waals surface area contributed by atoms with Gasteiger partial charge in [-0.25, -0.2) is 0 Å². The van der Waals surface area contributed by atoms with Crippen LogP contribution in [-0.2, 0) is 4.79 Å². The van der Waals surface area contributed by atoms with Crippen molar-refractivity contribution in [2.45, 2.75) is 0 Å². The normalized spacial score (nSPS) is 11.0. The Hall–Kier alpha value is -5.83. The minimum atomic E-state index is -0.562. The molecule has 0 atom stereocenters. The van der Waals surface area contributed by atoms with Gasteiger partial charge in [-0.2, -0.15) is 0 Å². The number of benzene rings is 4. The molecule has 9 nitrogen and oxygen atoms in total. The fraction of sp³-hybridized carbons (Fsp3) is 0.114. The third-order valence-corrected chi connectivity index (χ3v) is 6.53. The first-order valence-electron chi connectivity index (χ1n) is 13.5. The van der Waals surface area contributed by atoms with Gasteiger partial charge >= 0.3 is 0 Å². The molecule has 44 heavy (non-hydrogen) atoms. The van der Waals surface area contributed by atoms with Gasteiger partial charge in [-0.05, 0) is 90.5 Å². The molecule has 0 radical (unpaired) electrons. The highest BCUT2D eigenvalue weighted by Crippen LogP contribution is 2.29. The molecule has 0 aliphatic carbocycles. The minimum Gasteiger partial charge on any atom is -0.497 e. The molecule has 0 spiro atoms. The lowest BCUT2D eigenvalue weighted by Gasteiger charge is -2.13. The lowest BCUT2D eigenvalue weighted by molar-refractivity contribution is -0.113. The second kappa shape index (κ2) is 14.9. The third-order valence-electron chi connectivity index (χ3n) is 6.53. The average Bonchev–Trinajstić information content (AvgIpc) is 3.07. The number of allylic oxidation sites excluding steroid dienone is 1. The molecule has 0 aliphatic heterocycles. The molecular formula is C35H32N2O7. The Morgan fingerprint density at radius 1 is 0.659 bits per heavy atom. The Morgan fingerprint density at radius 3 is 2.00 bits per heavy atom. The fourth-order valence-corrected chi connectivity index (χ4v) is 4.20.